The van der Waals surface area contributed by atoms with Crippen LogP contribution in [0.3, 0.4) is 0 Å². The summed E-state index contributed by atoms with van der Waals surface area (Å²) < 4.78 is 16.5. The Bertz CT molecular complexity index is 741. The molecule has 2 unspecified atom stereocenters. The fraction of sp³-hybridized carbons (Fsp3) is 0.278. The Hall–Kier alpha value is -2.37. The van der Waals surface area contributed by atoms with Crippen LogP contribution in [0.4, 0.5) is 5.69 Å². The number of fused-ring (bicyclic) bond motifs is 1. The highest BCUT2D eigenvalue weighted by atomic mass is 16.6. The van der Waals surface area contributed by atoms with Crippen LogP contribution >= 0.6 is 0 Å². The van der Waals surface area contributed by atoms with E-state index < -0.39 is 6.23 Å². The van der Waals surface area contributed by atoms with Crippen LogP contribution in [-0.4, -0.2) is 32.3 Å². The summed E-state index contributed by atoms with van der Waals surface area (Å²) in [5, 5.41) is 0. The molecule has 0 aromatic heterocycles. The number of epoxide rings is 1. The van der Waals surface area contributed by atoms with Gasteiger partial charge in [0.1, 0.15) is 11.9 Å². The van der Waals surface area contributed by atoms with Gasteiger partial charge in [-0.3, -0.25) is 9.69 Å². The van der Waals surface area contributed by atoms with Crippen LogP contribution in [0.15, 0.2) is 48.5 Å². The van der Waals surface area contributed by atoms with Crippen LogP contribution in [0.1, 0.15) is 22.1 Å². The minimum atomic E-state index is -0.435. The zero-order chi connectivity index (χ0) is 15.8. The molecular formula is C18H17NO4. The molecule has 0 spiro atoms. The summed E-state index contributed by atoms with van der Waals surface area (Å²) >= 11 is 0. The van der Waals surface area contributed by atoms with E-state index in [-0.39, 0.29) is 12.0 Å². The summed E-state index contributed by atoms with van der Waals surface area (Å²) in [5.41, 5.74) is 2.32. The number of carbonyl (C=O) groups excluding carboxylic acids is 1. The number of methoxy groups -OCH3 is 1. The van der Waals surface area contributed by atoms with Crippen molar-refractivity contribution in [3.05, 3.63) is 59.7 Å². The van der Waals surface area contributed by atoms with Crippen LogP contribution in [0.5, 0.6) is 5.75 Å². The summed E-state index contributed by atoms with van der Waals surface area (Å²) in [6, 6.07) is 15.0. The normalized spacial score (nSPS) is 22.1. The Morgan fingerprint density at radius 3 is 2.83 bits per heavy atom. The van der Waals surface area contributed by atoms with E-state index in [1.54, 1.807) is 12.0 Å². The second kappa shape index (κ2) is 5.68. The molecule has 2 aliphatic rings. The van der Waals surface area contributed by atoms with E-state index in [1.165, 1.54) is 0 Å². The molecule has 2 aromatic carbocycles. The maximum absolute atomic E-state index is 12.8. The quantitative estimate of drug-likeness (QED) is 0.797. The first-order valence-corrected chi connectivity index (χ1v) is 7.57. The summed E-state index contributed by atoms with van der Waals surface area (Å²) in [7, 11) is 1.61. The zero-order valence-electron chi connectivity index (χ0n) is 12.8. The first kappa shape index (κ1) is 14.2. The van der Waals surface area contributed by atoms with Crippen LogP contribution in [-0.2, 0) is 9.47 Å². The molecule has 4 rings (SSSR count). The molecule has 2 aliphatic heterocycles. The predicted octanol–water partition coefficient (Wildman–Crippen LogP) is 2.77. The number of benzene rings is 2. The van der Waals surface area contributed by atoms with E-state index in [0.29, 0.717) is 17.9 Å². The molecule has 2 heterocycles. The van der Waals surface area contributed by atoms with Gasteiger partial charge in [0.2, 0.25) is 0 Å². The number of anilines is 1. The van der Waals surface area contributed by atoms with Crippen molar-refractivity contribution in [3.8, 4) is 5.75 Å². The minimum Gasteiger partial charge on any atom is -0.497 e. The molecule has 5 nitrogen and oxygen atoms in total. The lowest BCUT2D eigenvalue weighted by molar-refractivity contribution is 0.0428. The van der Waals surface area contributed by atoms with Crippen molar-refractivity contribution in [1.82, 2.24) is 0 Å². The maximum Gasteiger partial charge on any atom is 0.261 e. The van der Waals surface area contributed by atoms with E-state index in [1.807, 2.05) is 48.5 Å². The number of hydrogen-bond donors (Lipinski definition) is 0. The van der Waals surface area contributed by atoms with Gasteiger partial charge in [-0.05, 0) is 18.2 Å². The van der Waals surface area contributed by atoms with Gasteiger partial charge in [0.15, 0.2) is 6.23 Å². The molecule has 1 amide bonds. The van der Waals surface area contributed by atoms with Crippen molar-refractivity contribution in [3.63, 3.8) is 0 Å². The fourth-order valence-corrected chi connectivity index (χ4v) is 2.82. The molecule has 2 atom stereocenters. The van der Waals surface area contributed by atoms with Crippen LogP contribution in [0.2, 0.25) is 0 Å². The van der Waals surface area contributed by atoms with Crippen LogP contribution in [0.25, 0.3) is 0 Å². The summed E-state index contributed by atoms with van der Waals surface area (Å²) in [4.78, 5) is 14.5. The Kier molecular flexibility index (Phi) is 3.52. The third kappa shape index (κ3) is 2.58. The second-order valence-corrected chi connectivity index (χ2v) is 5.60. The van der Waals surface area contributed by atoms with E-state index in [0.717, 1.165) is 17.9 Å². The predicted molar refractivity (Wildman–Crippen MR) is 84.7 cm³/mol. The molecule has 0 radical (unpaired) electrons. The van der Waals surface area contributed by atoms with Gasteiger partial charge < -0.3 is 14.2 Å². The number of hydrogen-bond acceptors (Lipinski definition) is 4. The lowest BCUT2D eigenvalue weighted by atomic mass is 10.1. The second-order valence-electron chi connectivity index (χ2n) is 5.60. The number of ether oxygens (including phenoxy) is 3. The molecule has 118 valence electrons. The van der Waals surface area contributed by atoms with Crippen molar-refractivity contribution >= 4 is 11.6 Å². The highest BCUT2D eigenvalue weighted by molar-refractivity contribution is 6.10. The molecule has 5 heteroatoms. The van der Waals surface area contributed by atoms with Gasteiger partial charge >= 0.3 is 0 Å². The minimum absolute atomic E-state index is 0.0597. The van der Waals surface area contributed by atoms with Crippen molar-refractivity contribution in [2.75, 3.05) is 25.2 Å². The third-order valence-corrected chi connectivity index (χ3v) is 4.08. The highest BCUT2D eigenvalue weighted by Gasteiger charge is 2.39. The lowest BCUT2D eigenvalue weighted by Crippen LogP contribution is -2.30. The smallest absolute Gasteiger partial charge is 0.261 e. The number of rotatable bonds is 5. The Morgan fingerprint density at radius 1 is 1.22 bits per heavy atom. The largest absolute Gasteiger partial charge is 0.497 e. The first-order chi connectivity index (χ1) is 11.3. The Labute approximate surface area is 134 Å². The third-order valence-electron chi connectivity index (χ3n) is 4.08. The summed E-state index contributed by atoms with van der Waals surface area (Å²) in [6.07, 6.45) is -0.292. The monoisotopic (exact) mass is 311 g/mol. The molecule has 0 saturated carbocycles. The molecular weight excluding hydrogens is 294 g/mol. The number of nitrogens with zero attached hydrogens (tertiary/aromatic N) is 1. The SMILES string of the molecule is COc1cccc(N2C(=O)c3ccccc3C2OCC2CO2)c1. The molecule has 0 N–H and O–H groups in total. The molecule has 1 fully saturated rings. The summed E-state index contributed by atoms with van der Waals surface area (Å²) in [5.74, 6) is 0.645. The Morgan fingerprint density at radius 2 is 2.04 bits per heavy atom. The topological polar surface area (TPSA) is 51.3 Å². The standard InChI is InChI=1S/C18H17NO4/c1-21-13-6-4-5-12(9-13)19-17(20)15-7-2-3-8-16(15)18(19)23-11-14-10-22-14/h2-9,14,18H,10-11H2,1H3. The first-order valence-electron chi connectivity index (χ1n) is 7.57. The molecule has 1 saturated heterocycles. The number of amides is 1. The van der Waals surface area contributed by atoms with Gasteiger partial charge in [-0.2, -0.15) is 0 Å². The van der Waals surface area contributed by atoms with Gasteiger partial charge in [-0.15, -0.1) is 0 Å². The van der Waals surface area contributed by atoms with Gasteiger partial charge in [0.25, 0.3) is 5.91 Å². The van der Waals surface area contributed by atoms with Crippen molar-refractivity contribution in [1.29, 1.82) is 0 Å². The van der Waals surface area contributed by atoms with Crippen molar-refractivity contribution < 1.29 is 19.0 Å². The van der Waals surface area contributed by atoms with Gasteiger partial charge in [0, 0.05) is 17.2 Å². The van der Waals surface area contributed by atoms with Gasteiger partial charge in [-0.1, -0.05) is 24.3 Å². The molecule has 0 bridgehead atoms. The zero-order valence-corrected chi connectivity index (χ0v) is 12.8. The van der Waals surface area contributed by atoms with Crippen molar-refractivity contribution in [2.24, 2.45) is 0 Å². The van der Waals surface area contributed by atoms with E-state index in [4.69, 9.17) is 14.2 Å². The molecule has 0 aliphatic carbocycles. The Balaban J connectivity index is 1.71. The summed E-state index contributed by atoms with van der Waals surface area (Å²) in [6.45, 7) is 1.20. The maximum atomic E-state index is 12.8. The van der Waals surface area contributed by atoms with E-state index >= 15 is 0 Å². The van der Waals surface area contributed by atoms with Crippen LogP contribution in [0, 0.1) is 0 Å². The molecule has 2 aromatic rings. The lowest BCUT2D eigenvalue weighted by Gasteiger charge is -2.25. The highest BCUT2D eigenvalue weighted by Crippen LogP contribution is 2.39. The van der Waals surface area contributed by atoms with Crippen molar-refractivity contribution in [2.45, 2.75) is 12.3 Å². The fourth-order valence-electron chi connectivity index (χ4n) is 2.82. The number of carbonyl (C=O) groups is 1. The average molecular weight is 311 g/mol. The van der Waals surface area contributed by atoms with Gasteiger partial charge in [0.05, 0.1) is 26.0 Å². The van der Waals surface area contributed by atoms with E-state index in [2.05, 4.69) is 0 Å². The average Bonchev–Trinajstić information content (AvgIpc) is 3.38. The molecule has 23 heavy (non-hydrogen) atoms. The van der Waals surface area contributed by atoms with E-state index in [9.17, 15) is 4.79 Å². The van der Waals surface area contributed by atoms with Crippen LogP contribution < -0.4 is 9.64 Å². The van der Waals surface area contributed by atoms with Gasteiger partial charge in [-0.25, -0.2) is 0 Å².